The second kappa shape index (κ2) is 4.15. The fourth-order valence-corrected chi connectivity index (χ4v) is 2.04. The van der Waals surface area contributed by atoms with Gasteiger partial charge in [-0.05, 0) is 19.4 Å². The third-order valence-corrected chi connectivity index (χ3v) is 2.71. The van der Waals surface area contributed by atoms with E-state index in [4.69, 9.17) is 19.7 Å². The lowest BCUT2D eigenvalue weighted by atomic mass is 10.1. The fourth-order valence-electron chi connectivity index (χ4n) is 2.04. The van der Waals surface area contributed by atoms with Crippen LogP contribution in [0.4, 0.5) is 0 Å². The minimum absolute atomic E-state index is 0.359. The molecule has 8 nitrogen and oxygen atoms in total. The van der Waals surface area contributed by atoms with Crippen LogP contribution in [-0.4, -0.2) is 43.3 Å². The van der Waals surface area contributed by atoms with Crippen LogP contribution in [0.25, 0.3) is 10.4 Å². The number of likely N-dealkylation sites (N-methyl/N-ethyl adjacent to an activating group) is 1. The summed E-state index contributed by atoms with van der Waals surface area (Å²) in [6, 6.07) is -0.716. The van der Waals surface area contributed by atoms with Gasteiger partial charge in [-0.2, -0.15) is 0 Å². The summed E-state index contributed by atoms with van der Waals surface area (Å²) in [4.78, 5) is 14.3. The number of nitrogens with zero attached hydrogens (tertiary/aromatic N) is 3. The Morgan fingerprint density at radius 3 is 2.76 bits per heavy atom. The molecule has 0 aromatic carbocycles. The number of amides is 1. The molecular formula is C9H14N4O4. The van der Waals surface area contributed by atoms with Gasteiger partial charge in [-0.3, -0.25) is 4.79 Å². The van der Waals surface area contributed by atoms with Crippen molar-refractivity contribution < 1.29 is 19.0 Å². The molecule has 2 heterocycles. The van der Waals surface area contributed by atoms with Crippen molar-refractivity contribution in [3.8, 4) is 0 Å². The van der Waals surface area contributed by atoms with Gasteiger partial charge in [0.1, 0.15) is 12.1 Å². The van der Waals surface area contributed by atoms with Crippen molar-refractivity contribution in [2.45, 2.75) is 44.2 Å². The zero-order chi connectivity index (χ0) is 12.6. The van der Waals surface area contributed by atoms with E-state index in [0.717, 1.165) is 0 Å². The van der Waals surface area contributed by atoms with Gasteiger partial charge in [0.15, 0.2) is 18.2 Å². The van der Waals surface area contributed by atoms with Gasteiger partial charge in [-0.1, -0.05) is 5.11 Å². The largest absolute Gasteiger partial charge is 0.357 e. The summed E-state index contributed by atoms with van der Waals surface area (Å²) < 4.78 is 16.5. The van der Waals surface area contributed by atoms with E-state index < -0.39 is 30.3 Å². The van der Waals surface area contributed by atoms with Gasteiger partial charge < -0.3 is 19.5 Å². The number of hydrogen-bond acceptors (Lipinski definition) is 5. The van der Waals surface area contributed by atoms with Gasteiger partial charge in [0.2, 0.25) is 5.91 Å². The number of azide groups is 1. The van der Waals surface area contributed by atoms with Gasteiger partial charge in [-0.15, -0.1) is 0 Å². The number of rotatable bonds is 2. The van der Waals surface area contributed by atoms with Gasteiger partial charge >= 0.3 is 0 Å². The predicted molar refractivity (Wildman–Crippen MR) is 55.7 cm³/mol. The first-order valence-corrected chi connectivity index (χ1v) is 5.25. The van der Waals surface area contributed by atoms with Crippen molar-refractivity contribution in [1.82, 2.24) is 5.32 Å². The maximum absolute atomic E-state index is 11.6. The maximum Gasteiger partial charge on any atom is 0.249 e. The number of nitrogens with one attached hydrogen (secondary N) is 1. The highest BCUT2D eigenvalue weighted by Gasteiger charge is 2.56. The SMILES string of the molecule is CNC(=O)[C@H]1OC2OC(C)(C)O[C@@H]2[C@@H]1N=[N+]=[N-]. The molecule has 0 bridgehead atoms. The Bertz CT molecular complexity index is 379. The van der Waals surface area contributed by atoms with Crippen LogP contribution in [0.15, 0.2) is 5.11 Å². The van der Waals surface area contributed by atoms with Crippen molar-refractivity contribution >= 4 is 5.91 Å². The highest BCUT2D eigenvalue weighted by Crippen LogP contribution is 2.38. The summed E-state index contributed by atoms with van der Waals surface area (Å²) in [5.74, 6) is -1.16. The standard InChI is InChI=1S/C9H14N4O4/c1-9(2)16-6-4(12-13-10)5(7(14)11-3)15-8(6)17-9/h4-6,8H,1-3H3,(H,11,14)/t4-,5+,6-,8?/m1/s1. The van der Waals surface area contributed by atoms with Gasteiger partial charge in [0, 0.05) is 12.0 Å². The van der Waals surface area contributed by atoms with Crippen molar-refractivity contribution in [2.24, 2.45) is 5.11 Å². The van der Waals surface area contributed by atoms with Gasteiger partial charge in [0.05, 0.1) is 0 Å². The van der Waals surface area contributed by atoms with Gasteiger partial charge in [0.25, 0.3) is 0 Å². The van der Waals surface area contributed by atoms with Crippen molar-refractivity contribution in [1.29, 1.82) is 0 Å². The Labute approximate surface area is 97.8 Å². The van der Waals surface area contributed by atoms with Crippen LogP contribution < -0.4 is 5.32 Å². The lowest BCUT2D eigenvalue weighted by Crippen LogP contribution is -2.42. The average Bonchev–Trinajstić information content (AvgIpc) is 2.72. The molecule has 4 atom stereocenters. The molecule has 0 aromatic heterocycles. The molecule has 0 spiro atoms. The second-order valence-corrected chi connectivity index (χ2v) is 4.33. The molecule has 1 N–H and O–H groups in total. The summed E-state index contributed by atoms with van der Waals surface area (Å²) in [6.45, 7) is 3.47. The molecule has 2 rings (SSSR count). The molecule has 0 saturated carbocycles. The summed E-state index contributed by atoms with van der Waals surface area (Å²) in [6.07, 6.45) is -2.10. The smallest absolute Gasteiger partial charge is 0.249 e. The highest BCUT2D eigenvalue weighted by molar-refractivity contribution is 5.81. The van der Waals surface area contributed by atoms with Crippen molar-refractivity contribution in [2.75, 3.05) is 7.05 Å². The number of carbonyl (C=O) groups excluding carboxylic acids is 1. The lowest BCUT2D eigenvalue weighted by molar-refractivity contribution is -0.207. The topological polar surface area (TPSA) is 106 Å². The maximum atomic E-state index is 11.6. The van der Waals surface area contributed by atoms with E-state index >= 15 is 0 Å². The zero-order valence-corrected chi connectivity index (χ0v) is 9.78. The monoisotopic (exact) mass is 242 g/mol. The Balaban J connectivity index is 2.21. The summed E-state index contributed by atoms with van der Waals surface area (Å²) in [5.41, 5.74) is 8.52. The molecule has 2 aliphatic heterocycles. The third-order valence-electron chi connectivity index (χ3n) is 2.71. The first-order valence-electron chi connectivity index (χ1n) is 5.25. The quantitative estimate of drug-likeness (QED) is 0.426. The Kier molecular flexibility index (Phi) is 2.96. The molecule has 2 fully saturated rings. The number of fused-ring (bicyclic) bond motifs is 1. The molecule has 17 heavy (non-hydrogen) atoms. The van der Waals surface area contributed by atoms with Crippen LogP contribution in [0.5, 0.6) is 0 Å². The number of hydrogen-bond donors (Lipinski definition) is 1. The van der Waals surface area contributed by atoms with E-state index in [2.05, 4.69) is 15.3 Å². The Morgan fingerprint density at radius 2 is 2.18 bits per heavy atom. The molecule has 0 aliphatic carbocycles. The first kappa shape index (κ1) is 12.1. The highest BCUT2D eigenvalue weighted by atomic mass is 16.8. The zero-order valence-electron chi connectivity index (χ0n) is 9.78. The van der Waals surface area contributed by atoms with Crippen molar-refractivity contribution in [3.05, 3.63) is 10.4 Å². The minimum atomic E-state index is -0.873. The molecular weight excluding hydrogens is 228 g/mol. The van der Waals surface area contributed by atoms with E-state index in [1.54, 1.807) is 13.8 Å². The van der Waals surface area contributed by atoms with Crippen LogP contribution in [-0.2, 0) is 19.0 Å². The first-order chi connectivity index (χ1) is 7.98. The lowest BCUT2D eigenvalue weighted by Gasteiger charge is -2.22. The molecule has 1 unspecified atom stereocenters. The van der Waals surface area contributed by atoms with E-state index in [1.807, 2.05) is 0 Å². The normalized spacial score (nSPS) is 38.3. The van der Waals surface area contributed by atoms with Crippen LogP contribution >= 0.6 is 0 Å². The van der Waals surface area contributed by atoms with Crippen LogP contribution in [0, 0.1) is 0 Å². The van der Waals surface area contributed by atoms with E-state index in [-0.39, 0.29) is 5.91 Å². The van der Waals surface area contributed by atoms with Crippen LogP contribution in [0.3, 0.4) is 0 Å². The Hall–Kier alpha value is -1.34. The molecule has 94 valence electrons. The molecule has 0 radical (unpaired) electrons. The summed E-state index contributed by atoms with van der Waals surface area (Å²) in [7, 11) is 1.48. The summed E-state index contributed by atoms with van der Waals surface area (Å²) in [5, 5.41) is 6.02. The average molecular weight is 242 g/mol. The van der Waals surface area contributed by atoms with E-state index in [0.29, 0.717) is 0 Å². The molecule has 2 saturated heterocycles. The molecule has 2 aliphatic rings. The number of carbonyl (C=O) groups is 1. The van der Waals surface area contributed by atoms with E-state index in [1.165, 1.54) is 7.05 Å². The van der Waals surface area contributed by atoms with Crippen LogP contribution in [0.1, 0.15) is 13.8 Å². The summed E-state index contributed by atoms with van der Waals surface area (Å²) >= 11 is 0. The van der Waals surface area contributed by atoms with E-state index in [9.17, 15) is 4.79 Å². The molecule has 8 heteroatoms. The Morgan fingerprint density at radius 1 is 1.47 bits per heavy atom. The molecule has 0 aromatic rings. The second-order valence-electron chi connectivity index (χ2n) is 4.33. The van der Waals surface area contributed by atoms with Crippen molar-refractivity contribution in [3.63, 3.8) is 0 Å². The minimum Gasteiger partial charge on any atom is -0.357 e. The number of ether oxygens (including phenoxy) is 3. The van der Waals surface area contributed by atoms with Gasteiger partial charge in [-0.25, -0.2) is 0 Å². The van der Waals surface area contributed by atoms with Crippen LogP contribution in [0.2, 0.25) is 0 Å². The fraction of sp³-hybridized carbons (Fsp3) is 0.889. The predicted octanol–water partition coefficient (Wildman–Crippen LogP) is 0.288. The third kappa shape index (κ3) is 2.07. The molecule has 1 amide bonds.